The van der Waals surface area contributed by atoms with Crippen LogP contribution in [0.15, 0.2) is 11.4 Å². The van der Waals surface area contributed by atoms with Gasteiger partial charge in [0.1, 0.15) is 0 Å². The Morgan fingerprint density at radius 1 is 1.43 bits per heavy atom. The molecule has 1 aliphatic carbocycles. The average molecular weight is 223 g/mol. The molecule has 0 radical (unpaired) electrons. The van der Waals surface area contributed by atoms with Crippen molar-refractivity contribution in [3.8, 4) is 0 Å². The van der Waals surface area contributed by atoms with Crippen molar-refractivity contribution in [3.05, 3.63) is 11.4 Å². The van der Waals surface area contributed by atoms with Gasteiger partial charge in [-0.25, -0.2) is 0 Å². The van der Waals surface area contributed by atoms with Crippen molar-refractivity contribution in [2.75, 3.05) is 14.2 Å². The topological polar surface area (TPSA) is 18.5 Å². The van der Waals surface area contributed by atoms with Crippen molar-refractivity contribution in [2.45, 2.75) is 20.1 Å². The first-order valence-electron chi connectivity index (χ1n) is 4.53. The van der Waals surface area contributed by atoms with Crippen LogP contribution in [0.1, 0.15) is 13.8 Å². The zero-order chi connectivity index (χ0) is 10.9. The molecule has 0 bridgehead atoms. The molecule has 0 aromatic carbocycles. The van der Waals surface area contributed by atoms with Crippen LogP contribution in [0.2, 0.25) is 0 Å². The van der Waals surface area contributed by atoms with E-state index in [9.17, 15) is 4.39 Å². The van der Waals surface area contributed by atoms with Crippen molar-refractivity contribution >= 4 is 11.6 Å². The Hall–Kier alpha value is -0.120. The van der Waals surface area contributed by atoms with Crippen LogP contribution < -0.4 is 0 Å². The van der Waals surface area contributed by atoms with Gasteiger partial charge in [-0.15, -0.1) is 0 Å². The second-order valence-corrected chi connectivity index (χ2v) is 4.53. The second kappa shape index (κ2) is 4.17. The molecule has 4 heteroatoms. The molecule has 0 N–H and O–H groups in total. The molecule has 2 nitrogen and oxygen atoms in total. The zero-order valence-corrected chi connectivity index (χ0v) is 9.64. The summed E-state index contributed by atoms with van der Waals surface area (Å²) in [5.74, 6) is 0.256. The predicted molar refractivity (Wildman–Crippen MR) is 53.6 cm³/mol. The van der Waals surface area contributed by atoms with Crippen LogP contribution in [-0.4, -0.2) is 20.5 Å². The normalized spacial score (nSPS) is 30.9. The van der Waals surface area contributed by atoms with Crippen LogP contribution in [-0.2, 0) is 9.47 Å². The summed E-state index contributed by atoms with van der Waals surface area (Å²) in [7, 11) is 3.17. The lowest BCUT2D eigenvalue weighted by atomic mass is 10.1. The van der Waals surface area contributed by atoms with Crippen LogP contribution >= 0.6 is 11.6 Å². The summed E-state index contributed by atoms with van der Waals surface area (Å²) < 4.78 is 22.8. The van der Waals surface area contributed by atoms with Crippen LogP contribution in [0.3, 0.4) is 0 Å². The third-order valence-electron chi connectivity index (χ3n) is 3.06. The molecular formula is C10H16ClFO2. The molecule has 0 amide bonds. The molecule has 0 aromatic rings. The number of allylic oxidation sites excluding steroid dienone is 1. The van der Waals surface area contributed by atoms with E-state index in [-0.39, 0.29) is 23.5 Å². The van der Waals surface area contributed by atoms with Crippen LogP contribution in [0.25, 0.3) is 0 Å². The zero-order valence-electron chi connectivity index (χ0n) is 8.88. The molecule has 2 unspecified atom stereocenters. The maximum Gasteiger partial charge on any atom is 0.185 e. The minimum atomic E-state index is -0.656. The van der Waals surface area contributed by atoms with Crippen molar-refractivity contribution in [1.29, 1.82) is 0 Å². The summed E-state index contributed by atoms with van der Waals surface area (Å²) >= 11 is 5.21. The highest BCUT2D eigenvalue weighted by Crippen LogP contribution is 2.61. The molecule has 0 spiro atoms. The Labute approximate surface area is 89.0 Å². The van der Waals surface area contributed by atoms with Gasteiger partial charge in [0.2, 0.25) is 0 Å². The number of halogens is 2. The summed E-state index contributed by atoms with van der Waals surface area (Å²) in [6.45, 7) is 4.09. The second-order valence-electron chi connectivity index (χ2n) is 4.17. The van der Waals surface area contributed by atoms with E-state index >= 15 is 0 Å². The van der Waals surface area contributed by atoms with Gasteiger partial charge in [0, 0.05) is 20.1 Å². The average Bonchev–Trinajstić information content (AvgIpc) is 2.57. The van der Waals surface area contributed by atoms with E-state index in [1.54, 1.807) is 14.2 Å². The lowest BCUT2D eigenvalue weighted by molar-refractivity contribution is -0.122. The number of ether oxygens (including phenoxy) is 2. The SMILES string of the molecule is COC(OC)C1C(C=C(F)Cl)C1(C)C. The maximum absolute atomic E-state index is 12.5. The van der Waals surface area contributed by atoms with E-state index in [0.717, 1.165) is 0 Å². The van der Waals surface area contributed by atoms with E-state index in [4.69, 9.17) is 21.1 Å². The van der Waals surface area contributed by atoms with Gasteiger partial charge >= 0.3 is 0 Å². The Balaban J connectivity index is 2.69. The lowest BCUT2D eigenvalue weighted by Gasteiger charge is -2.14. The summed E-state index contributed by atoms with van der Waals surface area (Å²) in [5.41, 5.74) is -0.0110. The van der Waals surface area contributed by atoms with Gasteiger partial charge in [-0.2, -0.15) is 4.39 Å². The van der Waals surface area contributed by atoms with Gasteiger partial charge < -0.3 is 9.47 Å². The van der Waals surface area contributed by atoms with Crippen molar-refractivity contribution in [2.24, 2.45) is 17.3 Å². The largest absolute Gasteiger partial charge is 0.356 e. The highest BCUT2D eigenvalue weighted by molar-refractivity contribution is 6.28. The smallest absolute Gasteiger partial charge is 0.185 e. The van der Waals surface area contributed by atoms with Gasteiger partial charge in [0.05, 0.1) is 0 Å². The van der Waals surface area contributed by atoms with Crippen molar-refractivity contribution in [3.63, 3.8) is 0 Å². The first-order chi connectivity index (χ1) is 6.45. The fourth-order valence-electron chi connectivity index (χ4n) is 2.08. The van der Waals surface area contributed by atoms with Crippen LogP contribution in [0, 0.1) is 17.3 Å². The molecule has 0 aliphatic heterocycles. The predicted octanol–water partition coefficient (Wildman–Crippen LogP) is 2.93. The van der Waals surface area contributed by atoms with Gasteiger partial charge in [0.15, 0.2) is 11.6 Å². The molecule has 1 aliphatic rings. The quantitative estimate of drug-likeness (QED) is 0.681. The monoisotopic (exact) mass is 222 g/mol. The molecule has 1 rings (SSSR count). The third-order valence-corrected chi connectivity index (χ3v) is 3.19. The third kappa shape index (κ3) is 2.10. The number of methoxy groups -OCH3 is 2. The Bertz CT molecular complexity index is 232. The molecular weight excluding hydrogens is 207 g/mol. The molecule has 1 saturated carbocycles. The molecule has 1 fully saturated rings. The Morgan fingerprint density at radius 3 is 2.29 bits per heavy atom. The van der Waals surface area contributed by atoms with E-state index < -0.39 is 5.29 Å². The highest BCUT2D eigenvalue weighted by atomic mass is 35.5. The minimum Gasteiger partial charge on any atom is -0.356 e. The summed E-state index contributed by atoms with van der Waals surface area (Å²) in [6.07, 6.45) is 1.14. The van der Waals surface area contributed by atoms with E-state index in [1.165, 1.54) is 6.08 Å². The van der Waals surface area contributed by atoms with E-state index in [0.29, 0.717) is 0 Å². The maximum atomic E-state index is 12.5. The molecule has 0 aromatic heterocycles. The van der Waals surface area contributed by atoms with Gasteiger partial charge in [-0.1, -0.05) is 25.4 Å². The summed E-state index contributed by atoms with van der Waals surface area (Å²) in [6, 6.07) is 0. The molecule has 2 atom stereocenters. The first-order valence-corrected chi connectivity index (χ1v) is 4.91. The first kappa shape index (κ1) is 12.0. The van der Waals surface area contributed by atoms with E-state index in [1.807, 2.05) is 13.8 Å². The number of hydrogen-bond acceptors (Lipinski definition) is 2. The lowest BCUT2D eigenvalue weighted by Crippen LogP contribution is -2.18. The van der Waals surface area contributed by atoms with Crippen molar-refractivity contribution in [1.82, 2.24) is 0 Å². The highest BCUT2D eigenvalue weighted by Gasteiger charge is 2.60. The molecule has 82 valence electrons. The van der Waals surface area contributed by atoms with Crippen molar-refractivity contribution < 1.29 is 13.9 Å². The Morgan fingerprint density at radius 2 is 1.93 bits per heavy atom. The Kier molecular flexibility index (Phi) is 3.56. The van der Waals surface area contributed by atoms with Gasteiger partial charge in [-0.3, -0.25) is 0 Å². The number of rotatable bonds is 4. The van der Waals surface area contributed by atoms with E-state index in [2.05, 4.69) is 0 Å². The van der Waals surface area contributed by atoms with Gasteiger partial charge in [0.25, 0.3) is 0 Å². The molecule has 0 heterocycles. The van der Waals surface area contributed by atoms with Crippen LogP contribution in [0.4, 0.5) is 4.39 Å². The fourth-order valence-corrected chi connectivity index (χ4v) is 2.22. The summed E-state index contributed by atoms with van der Waals surface area (Å²) in [4.78, 5) is 0. The fraction of sp³-hybridized carbons (Fsp3) is 0.800. The number of hydrogen-bond donors (Lipinski definition) is 0. The van der Waals surface area contributed by atoms with Crippen LogP contribution in [0.5, 0.6) is 0 Å². The minimum absolute atomic E-state index is 0.0110. The summed E-state index contributed by atoms with van der Waals surface area (Å²) in [5, 5.41) is -0.656. The molecule has 0 saturated heterocycles. The standard InChI is InChI=1S/C10H16ClFO2/c1-10(2)6(5-7(11)12)8(10)9(13-3)14-4/h5-6,8-9H,1-4H3. The van der Waals surface area contributed by atoms with Gasteiger partial charge in [-0.05, 0) is 17.4 Å². The molecule has 14 heavy (non-hydrogen) atoms.